The number of ether oxygens (including phenoxy) is 2. The fourth-order valence-electron chi connectivity index (χ4n) is 2.09. The van der Waals surface area contributed by atoms with Crippen LogP contribution in [0.5, 0.6) is 5.75 Å². The van der Waals surface area contributed by atoms with Gasteiger partial charge in [0.15, 0.2) is 0 Å². The van der Waals surface area contributed by atoms with Crippen LogP contribution in [0.4, 0.5) is 0 Å². The van der Waals surface area contributed by atoms with Gasteiger partial charge in [-0.2, -0.15) is 0 Å². The number of hydrogen-bond donors (Lipinski definition) is 0. The normalized spacial score (nSPS) is 16.5. The molecule has 0 radical (unpaired) electrons. The van der Waals surface area contributed by atoms with Crippen LogP contribution in [0.1, 0.15) is 40.5 Å². The lowest BCUT2D eigenvalue weighted by Gasteiger charge is -2.08. The van der Waals surface area contributed by atoms with E-state index >= 15 is 0 Å². The Hall–Kier alpha value is -2.43. The van der Waals surface area contributed by atoms with E-state index in [1.807, 2.05) is 6.92 Å². The smallest absolute Gasteiger partial charge is 0.306 e. The van der Waals surface area contributed by atoms with Gasteiger partial charge < -0.3 is 9.47 Å². The predicted octanol–water partition coefficient (Wildman–Crippen LogP) is 2.34. The number of hydrogen-bond acceptors (Lipinski definition) is 5. The summed E-state index contributed by atoms with van der Waals surface area (Å²) in [4.78, 5) is 35.8. The molecule has 0 aliphatic heterocycles. The molecule has 1 aromatic rings. The molecule has 1 aliphatic carbocycles. The maximum absolute atomic E-state index is 12.2. The third kappa shape index (κ3) is 3.02. The van der Waals surface area contributed by atoms with Crippen molar-refractivity contribution in [3.63, 3.8) is 0 Å². The topological polar surface area (TPSA) is 69.7 Å². The Morgan fingerprint density at radius 2 is 2.00 bits per heavy atom. The van der Waals surface area contributed by atoms with Gasteiger partial charge in [-0.15, -0.1) is 0 Å². The number of rotatable bonds is 6. The summed E-state index contributed by atoms with van der Waals surface area (Å²) in [6.45, 7) is 5.65. The molecule has 0 fully saturated rings. The summed E-state index contributed by atoms with van der Waals surface area (Å²) in [5.41, 5.74) is 0.496. The zero-order chi connectivity index (χ0) is 15.4. The lowest BCUT2D eigenvalue weighted by molar-refractivity contribution is -0.145. The Kier molecular flexibility index (Phi) is 4.52. The van der Waals surface area contributed by atoms with Gasteiger partial charge in [-0.05, 0) is 24.6 Å². The van der Waals surface area contributed by atoms with Crippen molar-refractivity contribution in [1.29, 1.82) is 0 Å². The number of esters is 1. The maximum Gasteiger partial charge on any atom is 0.306 e. The van der Waals surface area contributed by atoms with Crippen LogP contribution in [0.3, 0.4) is 0 Å². The van der Waals surface area contributed by atoms with Gasteiger partial charge in [0.25, 0.3) is 0 Å². The lowest BCUT2D eigenvalue weighted by atomic mass is 10.1. The second-order valence-electron chi connectivity index (χ2n) is 4.66. The second kappa shape index (κ2) is 6.35. The molecule has 0 saturated carbocycles. The first-order valence-electron chi connectivity index (χ1n) is 6.74. The number of benzene rings is 1. The fraction of sp³-hybridized carbons (Fsp3) is 0.312. The van der Waals surface area contributed by atoms with Crippen molar-refractivity contribution in [3.05, 3.63) is 42.0 Å². The van der Waals surface area contributed by atoms with Gasteiger partial charge in [-0.25, -0.2) is 0 Å². The molecule has 0 heterocycles. The number of carbonyl (C=O) groups is 3. The van der Waals surface area contributed by atoms with Gasteiger partial charge in [0.05, 0.1) is 0 Å². The number of fused-ring (bicyclic) bond motifs is 1. The first-order chi connectivity index (χ1) is 10.1. The molecule has 1 aliphatic rings. The van der Waals surface area contributed by atoms with Gasteiger partial charge in [-0.3, -0.25) is 14.4 Å². The highest BCUT2D eigenvalue weighted by Gasteiger charge is 2.41. The van der Waals surface area contributed by atoms with Crippen LogP contribution in [0, 0.1) is 0 Å². The minimum atomic E-state index is -1.35. The molecule has 21 heavy (non-hydrogen) atoms. The highest BCUT2D eigenvalue weighted by atomic mass is 16.6. The van der Waals surface area contributed by atoms with Crippen LogP contribution in [-0.2, 0) is 9.53 Å². The minimum Gasteiger partial charge on any atom is -0.490 e. The molecule has 0 amide bonds. The summed E-state index contributed by atoms with van der Waals surface area (Å²) in [6.07, 6.45) is 1.01. The third-order valence-corrected chi connectivity index (χ3v) is 3.07. The van der Waals surface area contributed by atoms with Crippen molar-refractivity contribution in [2.45, 2.75) is 25.9 Å². The standard InChI is InChI=1S/C16H16O5/c1-3-5-13(17)21-16-14(18)11-7-6-10(20-8-4-2)9-12(11)15(16)19/h4,6-7,9,16H,2-3,5,8H2,1H3. The zero-order valence-electron chi connectivity index (χ0n) is 11.8. The zero-order valence-corrected chi connectivity index (χ0v) is 11.8. The lowest BCUT2D eigenvalue weighted by Crippen LogP contribution is -2.28. The van der Waals surface area contributed by atoms with E-state index in [-0.39, 0.29) is 17.5 Å². The van der Waals surface area contributed by atoms with Crippen LogP contribution in [-0.4, -0.2) is 30.2 Å². The number of carbonyl (C=O) groups excluding carboxylic acids is 3. The molecule has 1 atom stereocenters. The van der Waals surface area contributed by atoms with Crippen molar-refractivity contribution in [2.75, 3.05) is 6.61 Å². The summed E-state index contributed by atoms with van der Waals surface area (Å²) >= 11 is 0. The van der Waals surface area contributed by atoms with E-state index < -0.39 is 23.6 Å². The van der Waals surface area contributed by atoms with Crippen molar-refractivity contribution in [3.8, 4) is 5.75 Å². The van der Waals surface area contributed by atoms with E-state index in [1.165, 1.54) is 12.1 Å². The van der Waals surface area contributed by atoms with E-state index in [4.69, 9.17) is 9.47 Å². The quantitative estimate of drug-likeness (QED) is 0.456. The third-order valence-electron chi connectivity index (χ3n) is 3.07. The molecule has 0 saturated heterocycles. The Morgan fingerprint density at radius 3 is 2.67 bits per heavy atom. The Morgan fingerprint density at radius 1 is 1.29 bits per heavy atom. The van der Waals surface area contributed by atoms with Gasteiger partial charge in [0, 0.05) is 17.5 Å². The highest BCUT2D eigenvalue weighted by Crippen LogP contribution is 2.28. The average Bonchev–Trinajstić information content (AvgIpc) is 2.70. The van der Waals surface area contributed by atoms with Crippen molar-refractivity contribution in [2.24, 2.45) is 0 Å². The number of Topliss-reactive ketones (excluding diaryl/α,β-unsaturated/α-hetero) is 2. The molecular weight excluding hydrogens is 272 g/mol. The molecular formula is C16H16O5. The average molecular weight is 288 g/mol. The minimum absolute atomic E-state index is 0.182. The van der Waals surface area contributed by atoms with Crippen LogP contribution >= 0.6 is 0 Å². The summed E-state index contributed by atoms with van der Waals surface area (Å²) < 4.78 is 10.3. The molecule has 0 spiro atoms. The Balaban J connectivity index is 2.21. The summed E-state index contributed by atoms with van der Waals surface area (Å²) in [7, 11) is 0. The van der Waals surface area contributed by atoms with E-state index in [0.29, 0.717) is 18.8 Å². The summed E-state index contributed by atoms with van der Waals surface area (Å²) in [5.74, 6) is -1.05. The van der Waals surface area contributed by atoms with Crippen molar-refractivity contribution in [1.82, 2.24) is 0 Å². The number of ketones is 2. The second-order valence-corrected chi connectivity index (χ2v) is 4.66. The summed E-state index contributed by atoms with van der Waals surface area (Å²) in [6, 6.07) is 4.61. The van der Waals surface area contributed by atoms with E-state index in [1.54, 1.807) is 12.1 Å². The van der Waals surface area contributed by atoms with Crippen LogP contribution in [0.15, 0.2) is 30.9 Å². The molecule has 5 nitrogen and oxygen atoms in total. The molecule has 5 heteroatoms. The highest BCUT2D eigenvalue weighted by molar-refractivity contribution is 6.29. The first kappa shape index (κ1) is 15.0. The Labute approximate surface area is 122 Å². The first-order valence-corrected chi connectivity index (χ1v) is 6.74. The van der Waals surface area contributed by atoms with Gasteiger partial charge in [-0.1, -0.05) is 19.6 Å². The van der Waals surface area contributed by atoms with Gasteiger partial charge in [0.1, 0.15) is 12.4 Å². The predicted molar refractivity (Wildman–Crippen MR) is 75.6 cm³/mol. The van der Waals surface area contributed by atoms with E-state index in [9.17, 15) is 14.4 Å². The maximum atomic E-state index is 12.2. The fourth-order valence-corrected chi connectivity index (χ4v) is 2.09. The monoisotopic (exact) mass is 288 g/mol. The van der Waals surface area contributed by atoms with Crippen LogP contribution < -0.4 is 4.74 Å². The van der Waals surface area contributed by atoms with Gasteiger partial charge in [0.2, 0.25) is 17.7 Å². The van der Waals surface area contributed by atoms with Crippen molar-refractivity contribution >= 4 is 17.5 Å². The van der Waals surface area contributed by atoms with Gasteiger partial charge >= 0.3 is 5.97 Å². The van der Waals surface area contributed by atoms with Crippen molar-refractivity contribution < 1.29 is 23.9 Å². The molecule has 110 valence electrons. The molecule has 0 aromatic heterocycles. The molecule has 1 aromatic carbocycles. The molecule has 2 rings (SSSR count). The molecule has 0 N–H and O–H groups in total. The van der Waals surface area contributed by atoms with E-state index in [2.05, 4.69) is 6.58 Å². The Bertz CT molecular complexity index is 603. The SMILES string of the molecule is C=CCOc1ccc2c(c1)C(=O)C(OC(=O)CCC)C2=O. The van der Waals surface area contributed by atoms with E-state index in [0.717, 1.165) is 0 Å². The van der Waals surface area contributed by atoms with Crippen LogP contribution in [0.25, 0.3) is 0 Å². The molecule has 1 unspecified atom stereocenters. The molecule has 0 bridgehead atoms. The van der Waals surface area contributed by atoms with Crippen LogP contribution in [0.2, 0.25) is 0 Å². The largest absolute Gasteiger partial charge is 0.490 e. The summed E-state index contributed by atoms with van der Waals surface area (Å²) in [5, 5.41) is 0.